The lowest BCUT2D eigenvalue weighted by molar-refractivity contribution is 0.0696. The van der Waals surface area contributed by atoms with Crippen molar-refractivity contribution in [3.05, 3.63) is 65.2 Å². The van der Waals surface area contributed by atoms with Gasteiger partial charge in [0.15, 0.2) is 0 Å². The number of benzene rings is 2. The molecule has 2 aromatic rings. The number of hydrogen-bond donors (Lipinski definition) is 2. The van der Waals surface area contributed by atoms with E-state index in [2.05, 4.69) is 38.2 Å². The number of carbonyl (C=O) groups is 1. The van der Waals surface area contributed by atoms with Crippen LogP contribution in [0, 0.1) is 0 Å². The molecule has 0 radical (unpaired) electrons. The molecule has 4 nitrogen and oxygen atoms in total. The topological polar surface area (TPSA) is 58.6 Å². The maximum Gasteiger partial charge on any atom is 0.335 e. The van der Waals surface area contributed by atoms with Crippen molar-refractivity contribution in [1.82, 2.24) is 5.32 Å². The monoisotopic (exact) mass is 341 g/mol. The molecule has 0 saturated carbocycles. The molecule has 0 aromatic heterocycles. The quantitative estimate of drug-likeness (QED) is 0.791. The van der Waals surface area contributed by atoms with Crippen molar-refractivity contribution < 1.29 is 14.6 Å². The SMILES string of the molecule is CC(COc1ccc(C(C)(C)C)cc1)NCc1cccc(C(=O)O)c1. The first-order valence-electron chi connectivity index (χ1n) is 8.54. The van der Waals surface area contributed by atoms with Crippen molar-refractivity contribution >= 4 is 5.97 Å². The van der Waals surface area contributed by atoms with Crippen LogP contribution in [-0.2, 0) is 12.0 Å². The Morgan fingerprint density at radius 3 is 2.44 bits per heavy atom. The van der Waals surface area contributed by atoms with Crippen LogP contribution in [0.25, 0.3) is 0 Å². The van der Waals surface area contributed by atoms with Crippen LogP contribution >= 0.6 is 0 Å². The molecule has 0 aliphatic rings. The van der Waals surface area contributed by atoms with Crippen molar-refractivity contribution in [2.24, 2.45) is 0 Å². The Morgan fingerprint density at radius 1 is 1.16 bits per heavy atom. The fraction of sp³-hybridized carbons (Fsp3) is 0.381. The highest BCUT2D eigenvalue weighted by atomic mass is 16.5. The Morgan fingerprint density at radius 2 is 1.84 bits per heavy atom. The molecule has 1 unspecified atom stereocenters. The van der Waals surface area contributed by atoms with E-state index in [1.54, 1.807) is 18.2 Å². The predicted molar refractivity (Wildman–Crippen MR) is 100 cm³/mol. The van der Waals surface area contributed by atoms with E-state index in [4.69, 9.17) is 9.84 Å². The van der Waals surface area contributed by atoms with Gasteiger partial charge in [-0.3, -0.25) is 0 Å². The number of hydrogen-bond acceptors (Lipinski definition) is 3. The third-order valence-electron chi connectivity index (χ3n) is 4.05. The maximum absolute atomic E-state index is 11.0. The van der Waals surface area contributed by atoms with E-state index < -0.39 is 5.97 Å². The molecule has 2 aromatic carbocycles. The normalized spacial score (nSPS) is 12.6. The zero-order valence-electron chi connectivity index (χ0n) is 15.4. The van der Waals surface area contributed by atoms with Crippen molar-refractivity contribution in [1.29, 1.82) is 0 Å². The maximum atomic E-state index is 11.0. The van der Waals surface area contributed by atoms with Crippen LogP contribution in [-0.4, -0.2) is 23.7 Å². The highest BCUT2D eigenvalue weighted by molar-refractivity contribution is 5.87. The Balaban J connectivity index is 1.82. The van der Waals surface area contributed by atoms with Crippen molar-refractivity contribution in [3.63, 3.8) is 0 Å². The summed E-state index contributed by atoms with van der Waals surface area (Å²) in [5.41, 5.74) is 2.67. The van der Waals surface area contributed by atoms with E-state index in [0.29, 0.717) is 18.7 Å². The standard InChI is InChI=1S/C21H27NO3/c1-15(22-13-16-6-5-7-17(12-16)20(23)24)14-25-19-10-8-18(9-11-19)21(2,3)4/h5-12,15,22H,13-14H2,1-4H3,(H,23,24). The summed E-state index contributed by atoms with van der Waals surface area (Å²) in [6.45, 7) is 9.77. The van der Waals surface area contributed by atoms with Crippen LogP contribution in [0.2, 0.25) is 0 Å². The van der Waals surface area contributed by atoms with Gasteiger partial charge in [0, 0.05) is 12.6 Å². The second kappa shape index (κ2) is 8.17. The Labute approximate surface area is 149 Å². The van der Waals surface area contributed by atoms with Crippen LogP contribution in [0.5, 0.6) is 5.75 Å². The zero-order valence-corrected chi connectivity index (χ0v) is 15.4. The first kappa shape index (κ1) is 19.0. The summed E-state index contributed by atoms with van der Waals surface area (Å²) in [7, 11) is 0. The van der Waals surface area contributed by atoms with Crippen molar-refractivity contribution in [2.75, 3.05) is 6.61 Å². The molecule has 0 spiro atoms. The number of nitrogens with one attached hydrogen (secondary N) is 1. The lowest BCUT2D eigenvalue weighted by Gasteiger charge is -2.20. The lowest BCUT2D eigenvalue weighted by atomic mass is 9.87. The summed E-state index contributed by atoms with van der Waals surface area (Å²) in [5.74, 6) is -0.0496. The number of rotatable bonds is 7. The predicted octanol–water partition coefficient (Wildman–Crippen LogP) is 4.24. The highest BCUT2D eigenvalue weighted by Crippen LogP contribution is 2.24. The van der Waals surface area contributed by atoms with Gasteiger partial charge in [0.2, 0.25) is 0 Å². The molecule has 0 amide bonds. The van der Waals surface area contributed by atoms with E-state index in [0.717, 1.165) is 11.3 Å². The highest BCUT2D eigenvalue weighted by Gasteiger charge is 2.13. The summed E-state index contributed by atoms with van der Waals surface area (Å²) in [5, 5.41) is 12.4. The first-order chi connectivity index (χ1) is 11.8. The van der Waals surface area contributed by atoms with E-state index in [9.17, 15) is 4.79 Å². The van der Waals surface area contributed by atoms with Gasteiger partial charge in [-0.25, -0.2) is 4.79 Å². The van der Waals surface area contributed by atoms with Crippen LogP contribution in [0.1, 0.15) is 49.2 Å². The van der Waals surface area contributed by atoms with Crippen molar-refractivity contribution in [2.45, 2.75) is 45.7 Å². The minimum Gasteiger partial charge on any atom is -0.492 e. The third kappa shape index (κ3) is 5.91. The molecule has 2 N–H and O–H groups in total. The number of carboxylic acid groups (broad SMARTS) is 1. The van der Waals surface area contributed by atoms with Gasteiger partial charge in [-0.05, 0) is 47.7 Å². The average molecular weight is 341 g/mol. The molecule has 0 fully saturated rings. The molecular formula is C21H27NO3. The molecule has 0 saturated heterocycles. The van der Waals surface area contributed by atoms with Crippen molar-refractivity contribution in [3.8, 4) is 5.75 Å². The number of aromatic carboxylic acids is 1. The Hall–Kier alpha value is -2.33. The van der Waals surface area contributed by atoms with Gasteiger partial charge >= 0.3 is 5.97 Å². The summed E-state index contributed by atoms with van der Waals surface area (Å²) in [6, 6.07) is 15.3. The van der Waals surface area contributed by atoms with Gasteiger partial charge < -0.3 is 15.2 Å². The fourth-order valence-electron chi connectivity index (χ4n) is 2.44. The van der Waals surface area contributed by atoms with E-state index in [-0.39, 0.29) is 11.5 Å². The number of ether oxygens (including phenoxy) is 1. The van der Waals surface area contributed by atoms with Gasteiger partial charge in [-0.1, -0.05) is 45.0 Å². The molecule has 0 heterocycles. The van der Waals surface area contributed by atoms with Crippen LogP contribution < -0.4 is 10.1 Å². The zero-order chi connectivity index (χ0) is 18.4. The number of carboxylic acids is 1. The summed E-state index contributed by atoms with van der Waals surface area (Å²) < 4.78 is 5.83. The molecule has 0 aliphatic heterocycles. The van der Waals surface area contributed by atoms with Gasteiger partial charge in [0.05, 0.1) is 5.56 Å². The first-order valence-corrected chi connectivity index (χ1v) is 8.54. The molecule has 0 bridgehead atoms. The minimum atomic E-state index is -0.906. The Bertz CT molecular complexity index is 702. The minimum absolute atomic E-state index is 0.137. The second-order valence-corrected chi connectivity index (χ2v) is 7.37. The van der Waals surface area contributed by atoms with Gasteiger partial charge in [-0.15, -0.1) is 0 Å². The van der Waals surface area contributed by atoms with E-state index in [1.165, 1.54) is 5.56 Å². The van der Waals surface area contributed by atoms with Crippen LogP contribution in [0.15, 0.2) is 48.5 Å². The van der Waals surface area contributed by atoms with Crippen LogP contribution in [0.3, 0.4) is 0 Å². The molecule has 25 heavy (non-hydrogen) atoms. The van der Waals surface area contributed by atoms with E-state index >= 15 is 0 Å². The molecular weight excluding hydrogens is 314 g/mol. The smallest absolute Gasteiger partial charge is 0.335 e. The Kier molecular flexibility index (Phi) is 6.21. The largest absolute Gasteiger partial charge is 0.492 e. The van der Waals surface area contributed by atoms with Gasteiger partial charge in [0.25, 0.3) is 0 Å². The average Bonchev–Trinajstić information content (AvgIpc) is 2.58. The second-order valence-electron chi connectivity index (χ2n) is 7.37. The molecule has 4 heteroatoms. The molecule has 0 aliphatic carbocycles. The van der Waals surface area contributed by atoms with Gasteiger partial charge in [0.1, 0.15) is 12.4 Å². The van der Waals surface area contributed by atoms with Crippen LogP contribution in [0.4, 0.5) is 0 Å². The summed E-state index contributed by atoms with van der Waals surface area (Å²) >= 11 is 0. The summed E-state index contributed by atoms with van der Waals surface area (Å²) in [6.07, 6.45) is 0. The third-order valence-corrected chi connectivity index (χ3v) is 4.05. The lowest BCUT2D eigenvalue weighted by Crippen LogP contribution is -2.31. The summed E-state index contributed by atoms with van der Waals surface area (Å²) in [4.78, 5) is 11.0. The van der Waals surface area contributed by atoms with E-state index in [1.807, 2.05) is 25.1 Å². The molecule has 1 atom stereocenters. The molecule has 134 valence electrons. The van der Waals surface area contributed by atoms with Gasteiger partial charge in [-0.2, -0.15) is 0 Å². The molecule has 2 rings (SSSR count). The fourth-order valence-corrected chi connectivity index (χ4v) is 2.44.